The number of nitrogens with zero attached hydrogens (tertiary/aromatic N) is 2. The van der Waals surface area contributed by atoms with E-state index in [1.54, 1.807) is 12.4 Å². The van der Waals surface area contributed by atoms with Gasteiger partial charge in [0.2, 0.25) is 0 Å². The van der Waals surface area contributed by atoms with E-state index in [9.17, 15) is 4.79 Å². The number of para-hydroxylation sites is 1. The van der Waals surface area contributed by atoms with E-state index in [-0.39, 0.29) is 5.91 Å². The second-order valence-electron chi connectivity index (χ2n) is 5.47. The highest BCUT2D eigenvalue weighted by atomic mass is 79.9. The van der Waals surface area contributed by atoms with E-state index in [1.165, 1.54) is 0 Å². The number of hydrogen-bond acceptors (Lipinski definition) is 3. The van der Waals surface area contributed by atoms with E-state index in [2.05, 4.69) is 38.1 Å². The maximum atomic E-state index is 12.5. The molecule has 0 radical (unpaired) electrons. The van der Waals surface area contributed by atoms with Crippen LogP contribution in [-0.2, 0) is 0 Å². The van der Waals surface area contributed by atoms with E-state index < -0.39 is 0 Å². The summed E-state index contributed by atoms with van der Waals surface area (Å²) in [5.41, 5.74) is 3.22. The van der Waals surface area contributed by atoms with Gasteiger partial charge < -0.3 is 10.2 Å². The Morgan fingerprint density at radius 2 is 1.76 bits per heavy atom. The largest absolute Gasteiger partial charge is 0.340 e. The lowest BCUT2D eigenvalue weighted by molar-refractivity contribution is 0.102. The zero-order chi connectivity index (χ0) is 17.6. The second-order valence-corrected chi connectivity index (χ2v) is 6.39. The van der Waals surface area contributed by atoms with Gasteiger partial charge in [-0.05, 0) is 49.4 Å². The molecule has 3 aromatic rings. The first kappa shape index (κ1) is 17.2. The number of amides is 1. The summed E-state index contributed by atoms with van der Waals surface area (Å²) in [4.78, 5) is 18.9. The molecule has 0 fully saturated rings. The molecule has 3 rings (SSSR count). The lowest BCUT2D eigenvalue weighted by Crippen LogP contribution is -2.18. The van der Waals surface area contributed by atoms with Crippen molar-refractivity contribution in [1.82, 2.24) is 4.98 Å². The van der Waals surface area contributed by atoms with Crippen molar-refractivity contribution in [3.8, 4) is 0 Å². The monoisotopic (exact) mass is 395 g/mol. The minimum atomic E-state index is -0.180. The zero-order valence-corrected chi connectivity index (χ0v) is 15.4. The summed E-state index contributed by atoms with van der Waals surface area (Å²) in [5.74, 6) is -0.180. The molecular weight excluding hydrogens is 378 g/mol. The third-order valence-corrected chi connectivity index (χ3v) is 4.31. The summed E-state index contributed by atoms with van der Waals surface area (Å²) in [6, 6.07) is 19.4. The molecule has 0 aliphatic carbocycles. The van der Waals surface area contributed by atoms with Crippen LogP contribution in [0.5, 0.6) is 0 Å². The Balaban J connectivity index is 1.83. The van der Waals surface area contributed by atoms with Gasteiger partial charge in [-0.2, -0.15) is 0 Å². The van der Waals surface area contributed by atoms with Gasteiger partial charge in [0.1, 0.15) is 0 Å². The number of anilines is 3. The average molecular weight is 396 g/mol. The first-order valence-electron chi connectivity index (χ1n) is 8.02. The van der Waals surface area contributed by atoms with Crippen molar-refractivity contribution in [2.45, 2.75) is 6.92 Å². The molecule has 2 aromatic carbocycles. The van der Waals surface area contributed by atoms with Gasteiger partial charge in [-0.15, -0.1) is 0 Å². The lowest BCUT2D eigenvalue weighted by Gasteiger charge is -2.23. The third kappa shape index (κ3) is 4.25. The Morgan fingerprint density at radius 3 is 2.44 bits per heavy atom. The Bertz CT molecular complexity index is 850. The molecule has 0 unspecified atom stereocenters. The minimum absolute atomic E-state index is 0.180. The van der Waals surface area contributed by atoms with Crippen LogP contribution >= 0.6 is 15.9 Å². The Kier molecular flexibility index (Phi) is 5.46. The van der Waals surface area contributed by atoms with Gasteiger partial charge in [0, 0.05) is 28.6 Å². The van der Waals surface area contributed by atoms with Crippen LogP contribution in [0, 0.1) is 0 Å². The molecule has 0 saturated carbocycles. The first-order valence-corrected chi connectivity index (χ1v) is 8.81. The molecule has 0 spiro atoms. The molecule has 5 heteroatoms. The molecule has 126 valence electrons. The van der Waals surface area contributed by atoms with Gasteiger partial charge in [-0.1, -0.05) is 34.1 Å². The summed E-state index contributed by atoms with van der Waals surface area (Å²) in [5, 5.41) is 2.89. The van der Waals surface area contributed by atoms with E-state index in [0.717, 1.165) is 28.1 Å². The Morgan fingerprint density at radius 1 is 1.04 bits per heavy atom. The van der Waals surface area contributed by atoms with Crippen molar-refractivity contribution < 1.29 is 4.79 Å². The van der Waals surface area contributed by atoms with Crippen molar-refractivity contribution in [3.63, 3.8) is 0 Å². The number of carbonyl (C=O) groups is 1. The van der Waals surface area contributed by atoms with Crippen LogP contribution in [0.15, 0.2) is 77.5 Å². The molecule has 25 heavy (non-hydrogen) atoms. The van der Waals surface area contributed by atoms with E-state index in [4.69, 9.17) is 0 Å². The van der Waals surface area contributed by atoms with Gasteiger partial charge in [-0.25, -0.2) is 0 Å². The SMILES string of the molecule is CCN(c1ccccc1)c1cncc(C(=O)Nc2ccc(Br)cc2)c1. The topological polar surface area (TPSA) is 45.2 Å². The van der Waals surface area contributed by atoms with Crippen LogP contribution in [0.1, 0.15) is 17.3 Å². The Hall–Kier alpha value is -2.66. The highest BCUT2D eigenvalue weighted by molar-refractivity contribution is 9.10. The van der Waals surface area contributed by atoms with Gasteiger partial charge >= 0.3 is 0 Å². The fraction of sp³-hybridized carbons (Fsp3) is 0.100. The van der Waals surface area contributed by atoms with Crippen LogP contribution in [0.2, 0.25) is 0 Å². The highest BCUT2D eigenvalue weighted by Gasteiger charge is 2.12. The summed E-state index contributed by atoms with van der Waals surface area (Å²) in [7, 11) is 0. The Labute approximate surface area is 155 Å². The molecule has 4 nitrogen and oxygen atoms in total. The van der Waals surface area contributed by atoms with Gasteiger partial charge in [0.05, 0.1) is 17.4 Å². The quantitative estimate of drug-likeness (QED) is 0.640. The molecule has 1 heterocycles. The predicted octanol–water partition coefficient (Wildman–Crippen LogP) is 5.25. The van der Waals surface area contributed by atoms with E-state index >= 15 is 0 Å². The van der Waals surface area contributed by atoms with Crippen molar-refractivity contribution >= 4 is 38.9 Å². The molecule has 1 aromatic heterocycles. The van der Waals surface area contributed by atoms with E-state index in [1.807, 2.05) is 60.7 Å². The fourth-order valence-electron chi connectivity index (χ4n) is 2.56. The van der Waals surface area contributed by atoms with E-state index in [0.29, 0.717) is 5.56 Å². The van der Waals surface area contributed by atoms with Crippen LogP contribution in [0.3, 0.4) is 0 Å². The van der Waals surface area contributed by atoms with Gasteiger partial charge in [0.15, 0.2) is 0 Å². The van der Waals surface area contributed by atoms with Crippen molar-refractivity contribution in [1.29, 1.82) is 0 Å². The number of aromatic nitrogens is 1. The maximum Gasteiger partial charge on any atom is 0.257 e. The first-order chi connectivity index (χ1) is 12.2. The van der Waals surface area contributed by atoms with Gasteiger partial charge in [-0.3, -0.25) is 9.78 Å². The average Bonchev–Trinajstić information content (AvgIpc) is 2.65. The lowest BCUT2D eigenvalue weighted by atomic mass is 10.2. The molecule has 1 amide bonds. The number of pyridine rings is 1. The smallest absolute Gasteiger partial charge is 0.257 e. The number of rotatable bonds is 5. The molecule has 1 N–H and O–H groups in total. The molecule has 0 aliphatic rings. The van der Waals surface area contributed by atoms with Crippen LogP contribution in [-0.4, -0.2) is 17.4 Å². The van der Waals surface area contributed by atoms with Crippen LogP contribution in [0.4, 0.5) is 17.1 Å². The number of halogens is 1. The molecular formula is C20H18BrN3O. The third-order valence-electron chi connectivity index (χ3n) is 3.78. The van der Waals surface area contributed by atoms with Crippen LogP contribution in [0.25, 0.3) is 0 Å². The number of benzene rings is 2. The molecule has 0 bridgehead atoms. The van der Waals surface area contributed by atoms with Crippen molar-refractivity contribution in [3.05, 3.63) is 83.1 Å². The van der Waals surface area contributed by atoms with Crippen molar-refractivity contribution in [2.75, 3.05) is 16.8 Å². The number of nitrogens with one attached hydrogen (secondary N) is 1. The summed E-state index contributed by atoms with van der Waals surface area (Å²) in [6.07, 6.45) is 3.35. The number of carbonyl (C=O) groups excluding carboxylic acids is 1. The van der Waals surface area contributed by atoms with Gasteiger partial charge in [0.25, 0.3) is 5.91 Å². The predicted molar refractivity (Wildman–Crippen MR) is 105 cm³/mol. The second kappa shape index (κ2) is 7.94. The highest BCUT2D eigenvalue weighted by Crippen LogP contribution is 2.25. The summed E-state index contributed by atoms with van der Waals surface area (Å²) in [6.45, 7) is 2.85. The molecule has 0 atom stereocenters. The summed E-state index contributed by atoms with van der Waals surface area (Å²) >= 11 is 3.38. The minimum Gasteiger partial charge on any atom is -0.340 e. The molecule has 0 saturated heterocycles. The maximum absolute atomic E-state index is 12.5. The fourth-order valence-corrected chi connectivity index (χ4v) is 2.82. The summed E-state index contributed by atoms with van der Waals surface area (Å²) < 4.78 is 0.968. The standard InChI is InChI=1S/C20H18BrN3O/c1-2-24(18-6-4-3-5-7-18)19-12-15(13-22-14-19)20(25)23-17-10-8-16(21)9-11-17/h3-14H,2H2,1H3,(H,23,25). The number of hydrogen-bond donors (Lipinski definition) is 1. The zero-order valence-electron chi connectivity index (χ0n) is 13.8. The normalized spacial score (nSPS) is 10.3. The van der Waals surface area contributed by atoms with Crippen molar-refractivity contribution in [2.24, 2.45) is 0 Å². The molecule has 0 aliphatic heterocycles. The van der Waals surface area contributed by atoms with Crippen LogP contribution < -0.4 is 10.2 Å².